The average Bonchev–Trinajstić information content (AvgIpc) is 2.65. The molecule has 1 aliphatic rings. The van der Waals surface area contributed by atoms with E-state index in [2.05, 4.69) is 48.5 Å². The fourth-order valence-electron chi connectivity index (χ4n) is 3.63. The molecule has 0 radical (unpaired) electrons. The molecular weight excluding hydrogens is 354 g/mol. The third kappa shape index (κ3) is 10.9. The summed E-state index contributed by atoms with van der Waals surface area (Å²) in [5, 5.41) is 19.2. The van der Waals surface area contributed by atoms with Crippen molar-refractivity contribution in [3.8, 4) is 0 Å². The van der Waals surface area contributed by atoms with Gasteiger partial charge in [-0.1, -0.05) is 20.8 Å². The molecule has 0 spiro atoms. The number of nitrogens with one attached hydrogen (secondary N) is 3. The molecule has 1 atom stereocenters. The standard InChI is InChI=1S/C21H43N5O2/c1-5-10-23-20(28)16-26-11-7-19(8-12-26)25-21(22-6-2)24-15-18(9-13-27)14-17(3)4/h17-19,27H,5-16H2,1-4H3,(H,23,28)(H2,22,24,25). The van der Waals surface area contributed by atoms with Crippen LogP contribution in [0.25, 0.3) is 0 Å². The van der Waals surface area contributed by atoms with Gasteiger partial charge in [-0.2, -0.15) is 0 Å². The van der Waals surface area contributed by atoms with Crippen molar-refractivity contribution in [1.82, 2.24) is 20.9 Å². The van der Waals surface area contributed by atoms with E-state index in [1.807, 2.05) is 0 Å². The highest BCUT2D eigenvalue weighted by molar-refractivity contribution is 5.80. The molecule has 0 aromatic carbocycles. The number of guanidine groups is 1. The van der Waals surface area contributed by atoms with Crippen LogP contribution in [0.5, 0.6) is 0 Å². The zero-order valence-electron chi connectivity index (χ0n) is 18.5. The molecular formula is C21H43N5O2. The van der Waals surface area contributed by atoms with Gasteiger partial charge in [0.1, 0.15) is 0 Å². The summed E-state index contributed by atoms with van der Waals surface area (Å²) in [7, 11) is 0. The zero-order chi connectivity index (χ0) is 20.8. The van der Waals surface area contributed by atoms with Gasteiger partial charge in [0.25, 0.3) is 0 Å². The number of piperidine rings is 1. The van der Waals surface area contributed by atoms with Gasteiger partial charge in [0.2, 0.25) is 5.91 Å². The van der Waals surface area contributed by atoms with Crippen molar-refractivity contribution in [3.05, 3.63) is 0 Å². The number of nitrogens with zero attached hydrogens (tertiary/aromatic N) is 2. The number of carbonyl (C=O) groups excluding carboxylic acids is 1. The summed E-state index contributed by atoms with van der Waals surface area (Å²) in [6, 6.07) is 0.383. The Hall–Kier alpha value is -1.34. The molecule has 1 fully saturated rings. The first kappa shape index (κ1) is 24.7. The maximum Gasteiger partial charge on any atom is 0.234 e. The van der Waals surface area contributed by atoms with Crippen LogP contribution in [-0.4, -0.2) is 73.8 Å². The van der Waals surface area contributed by atoms with Gasteiger partial charge < -0.3 is 21.1 Å². The topological polar surface area (TPSA) is 89.0 Å². The molecule has 0 saturated carbocycles. The monoisotopic (exact) mass is 397 g/mol. The lowest BCUT2D eigenvalue weighted by Gasteiger charge is -2.32. The van der Waals surface area contributed by atoms with E-state index in [9.17, 15) is 9.90 Å². The van der Waals surface area contributed by atoms with Crippen molar-refractivity contribution in [3.63, 3.8) is 0 Å². The van der Waals surface area contributed by atoms with E-state index >= 15 is 0 Å². The number of rotatable bonds is 12. The summed E-state index contributed by atoms with van der Waals surface area (Å²) in [6.07, 6.45) is 4.89. The van der Waals surface area contributed by atoms with Gasteiger partial charge in [-0.3, -0.25) is 14.7 Å². The first-order chi connectivity index (χ1) is 13.5. The van der Waals surface area contributed by atoms with Gasteiger partial charge in [0.15, 0.2) is 5.96 Å². The van der Waals surface area contributed by atoms with Crippen LogP contribution < -0.4 is 16.0 Å². The fraction of sp³-hybridized carbons (Fsp3) is 0.905. The van der Waals surface area contributed by atoms with Crippen LogP contribution >= 0.6 is 0 Å². The molecule has 0 aliphatic carbocycles. The van der Waals surface area contributed by atoms with Crippen molar-refractivity contribution in [2.45, 2.75) is 65.8 Å². The quantitative estimate of drug-likeness (QED) is 0.297. The second-order valence-electron chi connectivity index (χ2n) is 8.27. The second-order valence-corrected chi connectivity index (χ2v) is 8.27. The third-order valence-electron chi connectivity index (χ3n) is 5.06. The Morgan fingerprint density at radius 3 is 2.50 bits per heavy atom. The smallest absolute Gasteiger partial charge is 0.234 e. The van der Waals surface area contributed by atoms with Crippen LogP contribution in [0.2, 0.25) is 0 Å². The number of carbonyl (C=O) groups is 1. The third-order valence-corrected chi connectivity index (χ3v) is 5.06. The van der Waals surface area contributed by atoms with Crippen molar-refractivity contribution in [2.75, 3.05) is 45.9 Å². The normalized spacial score (nSPS) is 17.6. The van der Waals surface area contributed by atoms with Gasteiger partial charge >= 0.3 is 0 Å². The van der Waals surface area contributed by atoms with E-state index in [1.165, 1.54) is 0 Å². The Balaban J connectivity index is 2.46. The van der Waals surface area contributed by atoms with E-state index in [4.69, 9.17) is 4.99 Å². The van der Waals surface area contributed by atoms with Gasteiger partial charge in [-0.05, 0) is 50.9 Å². The fourth-order valence-corrected chi connectivity index (χ4v) is 3.63. The van der Waals surface area contributed by atoms with E-state index in [-0.39, 0.29) is 12.5 Å². The highest BCUT2D eigenvalue weighted by Gasteiger charge is 2.21. The lowest BCUT2D eigenvalue weighted by molar-refractivity contribution is -0.122. The molecule has 4 N–H and O–H groups in total. The number of aliphatic hydroxyl groups excluding tert-OH is 1. The molecule has 1 saturated heterocycles. The van der Waals surface area contributed by atoms with E-state index in [1.54, 1.807) is 0 Å². The predicted octanol–water partition coefficient (Wildman–Crippen LogP) is 1.58. The molecule has 0 bridgehead atoms. The lowest BCUT2D eigenvalue weighted by Crippen LogP contribution is -2.50. The van der Waals surface area contributed by atoms with Crippen molar-refractivity contribution >= 4 is 11.9 Å². The molecule has 1 heterocycles. The highest BCUT2D eigenvalue weighted by Crippen LogP contribution is 2.16. The van der Waals surface area contributed by atoms with E-state index in [0.29, 0.717) is 24.4 Å². The van der Waals surface area contributed by atoms with Crippen molar-refractivity contribution in [1.29, 1.82) is 0 Å². The molecule has 7 nitrogen and oxygen atoms in total. The lowest BCUT2D eigenvalue weighted by atomic mass is 9.94. The Kier molecular flexibility index (Phi) is 12.9. The van der Waals surface area contributed by atoms with Crippen molar-refractivity contribution < 1.29 is 9.90 Å². The SMILES string of the molecule is CCCNC(=O)CN1CCC(NC(=NCC(CCO)CC(C)C)NCC)CC1. The molecule has 1 amide bonds. The number of aliphatic imine (C=N–C) groups is 1. The van der Waals surface area contributed by atoms with Crippen LogP contribution in [0.15, 0.2) is 4.99 Å². The number of likely N-dealkylation sites (tertiary alicyclic amines) is 1. The molecule has 28 heavy (non-hydrogen) atoms. The second kappa shape index (κ2) is 14.6. The Labute approximate surface area is 171 Å². The molecule has 1 unspecified atom stereocenters. The van der Waals surface area contributed by atoms with Crippen LogP contribution in [0.3, 0.4) is 0 Å². The van der Waals surface area contributed by atoms with E-state index in [0.717, 1.165) is 70.8 Å². The largest absolute Gasteiger partial charge is 0.396 e. The number of aliphatic hydroxyl groups is 1. The summed E-state index contributed by atoms with van der Waals surface area (Å²) in [5.41, 5.74) is 0. The first-order valence-electron chi connectivity index (χ1n) is 11.1. The van der Waals surface area contributed by atoms with Gasteiger partial charge in [0, 0.05) is 45.4 Å². The van der Waals surface area contributed by atoms with Crippen molar-refractivity contribution in [2.24, 2.45) is 16.8 Å². The minimum absolute atomic E-state index is 0.128. The Bertz CT molecular complexity index is 448. The minimum atomic E-state index is 0.128. The number of hydrogen-bond donors (Lipinski definition) is 4. The molecule has 164 valence electrons. The van der Waals surface area contributed by atoms with Crippen LogP contribution in [0, 0.1) is 11.8 Å². The maximum absolute atomic E-state index is 11.9. The number of amides is 1. The molecule has 0 aromatic rings. The van der Waals surface area contributed by atoms with Crippen LogP contribution in [-0.2, 0) is 4.79 Å². The predicted molar refractivity (Wildman–Crippen MR) is 117 cm³/mol. The minimum Gasteiger partial charge on any atom is -0.396 e. The highest BCUT2D eigenvalue weighted by atomic mass is 16.3. The van der Waals surface area contributed by atoms with Gasteiger partial charge in [-0.25, -0.2) is 0 Å². The molecule has 1 rings (SSSR count). The summed E-state index contributed by atoms with van der Waals surface area (Å²) in [5.74, 6) is 2.03. The van der Waals surface area contributed by atoms with Crippen LogP contribution in [0.1, 0.15) is 59.8 Å². The van der Waals surface area contributed by atoms with Crippen LogP contribution in [0.4, 0.5) is 0 Å². The Morgan fingerprint density at radius 2 is 1.93 bits per heavy atom. The summed E-state index contributed by atoms with van der Waals surface area (Å²) in [6.45, 7) is 13.5. The summed E-state index contributed by atoms with van der Waals surface area (Å²) >= 11 is 0. The maximum atomic E-state index is 11.9. The summed E-state index contributed by atoms with van der Waals surface area (Å²) in [4.78, 5) is 18.9. The Morgan fingerprint density at radius 1 is 1.21 bits per heavy atom. The van der Waals surface area contributed by atoms with Gasteiger partial charge in [-0.15, -0.1) is 0 Å². The van der Waals surface area contributed by atoms with Gasteiger partial charge in [0.05, 0.1) is 6.54 Å². The number of hydrogen-bond acceptors (Lipinski definition) is 4. The van der Waals surface area contributed by atoms with E-state index < -0.39 is 0 Å². The zero-order valence-corrected chi connectivity index (χ0v) is 18.5. The first-order valence-corrected chi connectivity index (χ1v) is 11.1. The molecule has 0 aromatic heterocycles. The average molecular weight is 398 g/mol. The molecule has 1 aliphatic heterocycles. The summed E-state index contributed by atoms with van der Waals surface area (Å²) < 4.78 is 0. The molecule has 7 heteroatoms.